The van der Waals surface area contributed by atoms with Crippen LogP contribution < -0.4 is 4.90 Å². The molecule has 192 valence electrons. The van der Waals surface area contributed by atoms with E-state index in [2.05, 4.69) is 59.9 Å². The van der Waals surface area contributed by atoms with Gasteiger partial charge in [0.05, 0.1) is 22.9 Å². The number of amides is 1. The first-order valence-corrected chi connectivity index (χ1v) is 13.1. The third kappa shape index (κ3) is 4.26. The minimum atomic E-state index is -0.312. The number of benzene rings is 1. The molecular formula is C29H34N6O2. The van der Waals surface area contributed by atoms with Crippen molar-refractivity contribution >= 4 is 28.7 Å². The lowest BCUT2D eigenvalue weighted by molar-refractivity contribution is -0.152. The Morgan fingerprint density at radius 2 is 1.92 bits per heavy atom. The van der Waals surface area contributed by atoms with Gasteiger partial charge in [-0.1, -0.05) is 45.0 Å². The molecule has 0 radical (unpaired) electrons. The highest BCUT2D eigenvalue weighted by Crippen LogP contribution is 2.45. The summed E-state index contributed by atoms with van der Waals surface area (Å²) < 4.78 is 1.63. The van der Waals surface area contributed by atoms with E-state index in [1.165, 1.54) is 11.9 Å². The van der Waals surface area contributed by atoms with E-state index in [0.29, 0.717) is 30.6 Å². The van der Waals surface area contributed by atoms with Gasteiger partial charge in [0.2, 0.25) is 11.8 Å². The number of likely N-dealkylation sites (tertiary alicyclic amines) is 1. The molecule has 0 aliphatic carbocycles. The van der Waals surface area contributed by atoms with Crippen molar-refractivity contribution in [3.05, 3.63) is 54.0 Å². The molecular weight excluding hydrogens is 464 g/mol. The number of aromatic nitrogens is 3. The lowest BCUT2D eigenvalue weighted by atomic mass is 9.74. The number of nitrogens with zero attached hydrogens (tertiary/aromatic N) is 6. The number of carbonyl (C=O) groups is 2. The molecule has 0 unspecified atom stereocenters. The van der Waals surface area contributed by atoms with Crippen LogP contribution in [0.3, 0.4) is 0 Å². The van der Waals surface area contributed by atoms with Crippen LogP contribution in [0, 0.1) is 23.2 Å². The number of hydrogen-bond donors (Lipinski definition) is 0. The summed E-state index contributed by atoms with van der Waals surface area (Å²) >= 11 is 0. The number of nitriles is 1. The smallest absolute Gasteiger partial charge is 0.239 e. The van der Waals surface area contributed by atoms with Gasteiger partial charge >= 0.3 is 0 Å². The predicted molar refractivity (Wildman–Crippen MR) is 142 cm³/mol. The van der Waals surface area contributed by atoms with E-state index in [0.717, 1.165) is 36.2 Å². The monoisotopic (exact) mass is 498 g/mol. The van der Waals surface area contributed by atoms with E-state index < -0.39 is 0 Å². The first kappa shape index (κ1) is 24.9. The van der Waals surface area contributed by atoms with E-state index in [1.807, 2.05) is 24.0 Å². The van der Waals surface area contributed by atoms with Gasteiger partial charge in [0.25, 0.3) is 0 Å². The maximum atomic E-state index is 13.5. The molecule has 3 aromatic rings. The maximum absolute atomic E-state index is 13.5. The quantitative estimate of drug-likeness (QED) is 0.499. The van der Waals surface area contributed by atoms with Crippen molar-refractivity contribution in [1.29, 1.82) is 5.26 Å². The lowest BCUT2D eigenvalue weighted by Gasteiger charge is -2.55. The van der Waals surface area contributed by atoms with Crippen LogP contribution in [-0.4, -0.2) is 56.4 Å². The van der Waals surface area contributed by atoms with E-state index in [9.17, 15) is 9.59 Å². The molecule has 0 N–H and O–H groups in total. The molecule has 1 aromatic carbocycles. The van der Waals surface area contributed by atoms with Crippen LogP contribution in [0.5, 0.6) is 0 Å². The van der Waals surface area contributed by atoms with Crippen molar-refractivity contribution in [2.24, 2.45) is 11.8 Å². The van der Waals surface area contributed by atoms with Crippen molar-refractivity contribution in [3.63, 3.8) is 0 Å². The minimum absolute atomic E-state index is 0.0324. The normalized spacial score (nSPS) is 21.9. The largest absolute Gasteiger partial charge is 0.353 e. The van der Waals surface area contributed by atoms with Crippen LogP contribution >= 0.6 is 0 Å². The van der Waals surface area contributed by atoms with Crippen LogP contribution in [0.25, 0.3) is 11.0 Å². The molecule has 2 aliphatic heterocycles. The standard InChI is InChI=1S/C29H34N6O2/c1-19(2)15-22-5-7-23(8-6-22)21(4)28(37)34-13-10-24-26(31-18-32-27(24)34)33-14-11-29(17-33)20(3)16-35(29)25(36)9-12-30/h5-8,10,13,18-21H,9,11,14-17H2,1-4H3/t20-,21-,29-/m0/s1. The Hall–Kier alpha value is -3.73. The van der Waals surface area contributed by atoms with Gasteiger partial charge in [0.15, 0.2) is 5.65 Å². The van der Waals surface area contributed by atoms with Crippen LogP contribution in [0.2, 0.25) is 0 Å². The van der Waals surface area contributed by atoms with E-state index in [1.54, 1.807) is 10.8 Å². The third-order valence-electron chi connectivity index (χ3n) is 8.21. The molecule has 2 saturated heterocycles. The zero-order chi connectivity index (χ0) is 26.3. The second kappa shape index (κ2) is 9.62. The molecule has 2 aromatic heterocycles. The van der Waals surface area contributed by atoms with Gasteiger partial charge in [-0.25, -0.2) is 9.97 Å². The van der Waals surface area contributed by atoms with Gasteiger partial charge in [-0.05, 0) is 48.8 Å². The molecule has 0 saturated carbocycles. The number of fused-ring (bicyclic) bond motifs is 1. The fraction of sp³-hybridized carbons (Fsp3) is 0.483. The molecule has 8 nitrogen and oxygen atoms in total. The van der Waals surface area contributed by atoms with Gasteiger partial charge in [-0.2, -0.15) is 5.26 Å². The van der Waals surface area contributed by atoms with Crippen LogP contribution in [-0.2, 0) is 11.2 Å². The van der Waals surface area contributed by atoms with Gasteiger partial charge in [0.1, 0.15) is 18.6 Å². The second-order valence-electron chi connectivity index (χ2n) is 11.0. The summed E-state index contributed by atoms with van der Waals surface area (Å²) in [6.45, 7) is 10.6. The Labute approximate surface area is 217 Å². The summed E-state index contributed by atoms with van der Waals surface area (Å²) in [5.41, 5.74) is 2.59. The first-order chi connectivity index (χ1) is 17.7. The number of carbonyl (C=O) groups excluding carboxylic acids is 2. The molecule has 5 rings (SSSR count). The van der Waals surface area contributed by atoms with E-state index in [4.69, 9.17) is 5.26 Å². The van der Waals surface area contributed by atoms with Gasteiger partial charge in [0, 0.05) is 25.8 Å². The zero-order valence-corrected chi connectivity index (χ0v) is 22.0. The number of anilines is 1. The van der Waals surface area contributed by atoms with Crippen LogP contribution in [0.4, 0.5) is 5.82 Å². The highest BCUT2D eigenvalue weighted by molar-refractivity contribution is 5.97. The minimum Gasteiger partial charge on any atom is -0.353 e. The summed E-state index contributed by atoms with van der Waals surface area (Å²) in [6, 6.07) is 12.2. The third-order valence-corrected chi connectivity index (χ3v) is 8.21. The zero-order valence-electron chi connectivity index (χ0n) is 22.0. The fourth-order valence-electron chi connectivity index (χ4n) is 6.05. The molecule has 1 amide bonds. The summed E-state index contributed by atoms with van der Waals surface area (Å²) in [7, 11) is 0. The van der Waals surface area contributed by atoms with Crippen molar-refractivity contribution in [1.82, 2.24) is 19.4 Å². The number of hydrogen-bond acceptors (Lipinski definition) is 6. The van der Waals surface area contributed by atoms with Crippen molar-refractivity contribution in [3.8, 4) is 6.07 Å². The Kier molecular flexibility index (Phi) is 6.49. The average molecular weight is 499 g/mol. The molecule has 2 fully saturated rings. The summed E-state index contributed by atoms with van der Waals surface area (Å²) in [5.74, 6) is 1.28. The summed E-state index contributed by atoms with van der Waals surface area (Å²) in [5, 5.41) is 9.83. The molecule has 0 bridgehead atoms. The highest BCUT2D eigenvalue weighted by atomic mass is 16.2. The Morgan fingerprint density at radius 3 is 2.59 bits per heavy atom. The van der Waals surface area contributed by atoms with Crippen LogP contribution in [0.1, 0.15) is 62.4 Å². The van der Waals surface area contributed by atoms with E-state index >= 15 is 0 Å². The van der Waals surface area contributed by atoms with Crippen LogP contribution in [0.15, 0.2) is 42.9 Å². The fourth-order valence-corrected chi connectivity index (χ4v) is 6.05. The molecule has 8 heteroatoms. The molecule has 37 heavy (non-hydrogen) atoms. The Morgan fingerprint density at radius 1 is 1.16 bits per heavy atom. The predicted octanol–water partition coefficient (Wildman–Crippen LogP) is 4.41. The highest BCUT2D eigenvalue weighted by Gasteiger charge is 2.56. The Balaban J connectivity index is 1.38. The van der Waals surface area contributed by atoms with Gasteiger partial charge < -0.3 is 9.80 Å². The van der Waals surface area contributed by atoms with E-state index in [-0.39, 0.29) is 29.7 Å². The Bertz CT molecular complexity index is 1370. The molecule has 4 heterocycles. The summed E-state index contributed by atoms with van der Waals surface area (Å²) in [6.07, 6.45) is 5.07. The number of rotatable bonds is 6. The van der Waals surface area contributed by atoms with Crippen molar-refractivity contribution in [2.75, 3.05) is 24.5 Å². The maximum Gasteiger partial charge on any atom is 0.239 e. The van der Waals surface area contributed by atoms with Crippen molar-refractivity contribution < 1.29 is 9.59 Å². The lowest BCUT2D eigenvalue weighted by Crippen LogP contribution is -2.69. The molecule has 2 aliphatic rings. The summed E-state index contributed by atoms with van der Waals surface area (Å²) in [4.78, 5) is 39.2. The SMILES string of the molecule is CC(C)Cc1ccc([C@H](C)C(=O)n2ccc3c(N4CC[C@]5(C4)[C@@H](C)CN5C(=O)CC#N)ncnc32)cc1. The van der Waals surface area contributed by atoms with Gasteiger partial charge in [-0.15, -0.1) is 0 Å². The first-order valence-electron chi connectivity index (χ1n) is 13.1. The second-order valence-corrected chi connectivity index (χ2v) is 11.0. The molecule has 1 spiro atoms. The van der Waals surface area contributed by atoms with Gasteiger partial charge in [-0.3, -0.25) is 14.2 Å². The topological polar surface area (TPSA) is 95.1 Å². The van der Waals surface area contributed by atoms with Crippen molar-refractivity contribution in [2.45, 2.75) is 58.4 Å². The average Bonchev–Trinajstić information content (AvgIpc) is 3.53. The molecule has 3 atom stereocenters.